The molecule has 6 heteroatoms. The van der Waals surface area contributed by atoms with Crippen molar-refractivity contribution in [2.24, 2.45) is 0 Å². The molecule has 156 valence electrons. The highest BCUT2D eigenvalue weighted by molar-refractivity contribution is 6.05. The molecule has 4 aromatic rings. The van der Waals surface area contributed by atoms with Gasteiger partial charge in [0, 0.05) is 16.8 Å². The average Bonchev–Trinajstić information content (AvgIpc) is 3.23. The molecule has 1 amide bonds. The van der Waals surface area contributed by atoms with Crippen LogP contribution in [-0.2, 0) is 6.42 Å². The molecule has 0 radical (unpaired) electrons. The van der Waals surface area contributed by atoms with Crippen molar-refractivity contribution in [3.05, 3.63) is 71.3 Å². The van der Waals surface area contributed by atoms with Gasteiger partial charge in [-0.2, -0.15) is 0 Å². The highest BCUT2D eigenvalue weighted by Gasteiger charge is 2.16. The first kappa shape index (κ1) is 19.2. The Labute approximate surface area is 179 Å². The lowest BCUT2D eigenvalue weighted by Gasteiger charge is -2.18. The molecule has 1 aliphatic heterocycles. The second-order valence-electron chi connectivity index (χ2n) is 7.52. The van der Waals surface area contributed by atoms with Crippen molar-refractivity contribution < 1.29 is 18.7 Å². The maximum Gasteiger partial charge on any atom is 0.255 e. The average molecular weight is 414 g/mol. The Balaban J connectivity index is 1.43. The van der Waals surface area contributed by atoms with Gasteiger partial charge in [0.25, 0.3) is 5.91 Å². The Kier molecular flexibility index (Phi) is 4.82. The summed E-state index contributed by atoms with van der Waals surface area (Å²) in [5.41, 5.74) is 5.74. The first-order valence-electron chi connectivity index (χ1n) is 10.3. The van der Waals surface area contributed by atoms with Gasteiger partial charge in [0.1, 0.15) is 18.7 Å². The molecule has 0 bridgehead atoms. The second-order valence-corrected chi connectivity index (χ2v) is 7.52. The first-order valence-corrected chi connectivity index (χ1v) is 10.3. The van der Waals surface area contributed by atoms with Crippen LogP contribution in [0.1, 0.15) is 28.4 Å². The van der Waals surface area contributed by atoms with E-state index in [-0.39, 0.29) is 5.91 Å². The molecule has 0 aliphatic carbocycles. The second kappa shape index (κ2) is 7.80. The molecule has 6 nitrogen and oxygen atoms in total. The lowest BCUT2D eigenvalue weighted by Crippen LogP contribution is -2.17. The minimum absolute atomic E-state index is 0.220. The van der Waals surface area contributed by atoms with Gasteiger partial charge in [-0.3, -0.25) is 4.79 Å². The fourth-order valence-electron chi connectivity index (χ4n) is 3.59. The van der Waals surface area contributed by atoms with Crippen LogP contribution in [0.3, 0.4) is 0 Å². The van der Waals surface area contributed by atoms with Crippen LogP contribution in [0.4, 0.5) is 5.69 Å². The topological polar surface area (TPSA) is 73.6 Å². The monoisotopic (exact) mass is 414 g/mol. The number of rotatable bonds is 4. The van der Waals surface area contributed by atoms with E-state index in [2.05, 4.69) is 17.2 Å². The van der Waals surface area contributed by atoms with Gasteiger partial charge in [-0.1, -0.05) is 19.1 Å². The van der Waals surface area contributed by atoms with Gasteiger partial charge in [-0.05, 0) is 66.9 Å². The zero-order valence-corrected chi connectivity index (χ0v) is 17.4. The van der Waals surface area contributed by atoms with E-state index in [1.54, 1.807) is 18.2 Å². The quantitative estimate of drug-likeness (QED) is 0.485. The van der Waals surface area contributed by atoms with E-state index >= 15 is 0 Å². The number of benzene rings is 3. The number of anilines is 1. The highest BCUT2D eigenvalue weighted by Crippen LogP contribution is 2.32. The fourth-order valence-corrected chi connectivity index (χ4v) is 3.59. The van der Waals surface area contributed by atoms with E-state index in [0.717, 1.165) is 28.6 Å². The van der Waals surface area contributed by atoms with Crippen molar-refractivity contribution in [1.82, 2.24) is 4.98 Å². The number of hydrogen-bond acceptors (Lipinski definition) is 5. The number of carbonyl (C=O) groups excluding carboxylic acids is 1. The molecule has 5 rings (SSSR count). The summed E-state index contributed by atoms with van der Waals surface area (Å²) in [6, 6.07) is 17.0. The van der Waals surface area contributed by atoms with Gasteiger partial charge in [0.15, 0.2) is 17.1 Å². The molecule has 0 saturated carbocycles. The number of ether oxygens (including phenoxy) is 2. The molecular weight excluding hydrogens is 392 g/mol. The molecular formula is C25H22N2O4. The Morgan fingerprint density at radius 2 is 1.84 bits per heavy atom. The molecule has 2 heterocycles. The van der Waals surface area contributed by atoms with Crippen LogP contribution in [0.5, 0.6) is 11.5 Å². The molecule has 1 N–H and O–H groups in total. The molecule has 31 heavy (non-hydrogen) atoms. The highest BCUT2D eigenvalue weighted by atomic mass is 16.6. The van der Waals surface area contributed by atoms with Gasteiger partial charge in [0.2, 0.25) is 5.89 Å². The number of amides is 1. The van der Waals surface area contributed by atoms with Crippen LogP contribution in [0.2, 0.25) is 0 Å². The first-order chi connectivity index (χ1) is 15.1. The number of nitrogens with one attached hydrogen (secondary N) is 1. The summed E-state index contributed by atoms with van der Waals surface area (Å²) in [4.78, 5) is 17.5. The number of carbonyl (C=O) groups is 1. The van der Waals surface area contributed by atoms with Crippen molar-refractivity contribution in [2.45, 2.75) is 20.3 Å². The maximum absolute atomic E-state index is 12.9. The molecule has 3 aromatic carbocycles. The minimum atomic E-state index is -0.220. The van der Waals surface area contributed by atoms with Crippen LogP contribution in [0.25, 0.3) is 22.6 Å². The predicted molar refractivity (Wildman–Crippen MR) is 119 cm³/mol. The van der Waals surface area contributed by atoms with Crippen molar-refractivity contribution >= 4 is 22.7 Å². The molecule has 0 spiro atoms. The summed E-state index contributed by atoms with van der Waals surface area (Å²) < 4.78 is 17.1. The third-order valence-corrected chi connectivity index (χ3v) is 5.40. The zero-order valence-electron chi connectivity index (χ0n) is 17.4. The van der Waals surface area contributed by atoms with Gasteiger partial charge < -0.3 is 19.2 Å². The normalized spacial score (nSPS) is 12.7. The summed E-state index contributed by atoms with van der Waals surface area (Å²) in [5.74, 6) is 1.55. The lowest BCUT2D eigenvalue weighted by molar-refractivity contribution is 0.102. The number of oxazole rings is 1. The van der Waals surface area contributed by atoms with Gasteiger partial charge >= 0.3 is 0 Å². The van der Waals surface area contributed by atoms with Crippen molar-refractivity contribution in [3.63, 3.8) is 0 Å². The number of hydrogen-bond donors (Lipinski definition) is 1. The summed E-state index contributed by atoms with van der Waals surface area (Å²) in [5, 5.41) is 2.99. The Morgan fingerprint density at radius 3 is 2.68 bits per heavy atom. The van der Waals surface area contributed by atoms with Crippen LogP contribution in [-0.4, -0.2) is 24.1 Å². The molecule has 0 atom stereocenters. The van der Waals surface area contributed by atoms with Crippen molar-refractivity contribution in [1.29, 1.82) is 0 Å². The van der Waals surface area contributed by atoms with Gasteiger partial charge in [0.05, 0.1) is 0 Å². The Morgan fingerprint density at radius 1 is 1.00 bits per heavy atom. The number of aromatic nitrogens is 1. The SMILES string of the molecule is CCc1ccc2oc(-c3ccc(C)c(NC(=O)c4ccc5c(c4)OCCO5)c3)nc2c1. The van der Waals surface area contributed by atoms with E-state index in [1.807, 2.05) is 43.3 Å². The lowest BCUT2D eigenvalue weighted by atomic mass is 10.1. The largest absolute Gasteiger partial charge is 0.486 e. The van der Waals surface area contributed by atoms with Crippen molar-refractivity contribution in [3.8, 4) is 23.0 Å². The molecule has 1 aliphatic rings. The summed E-state index contributed by atoms with van der Waals surface area (Å²) in [6.07, 6.45) is 0.943. The van der Waals surface area contributed by atoms with Gasteiger partial charge in [-0.15, -0.1) is 0 Å². The van der Waals surface area contributed by atoms with E-state index in [4.69, 9.17) is 13.9 Å². The van der Waals surface area contributed by atoms with Crippen LogP contribution < -0.4 is 14.8 Å². The van der Waals surface area contributed by atoms with Crippen LogP contribution in [0, 0.1) is 6.92 Å². The summed E-state index contributed by atoms with van der Waals surface area (Å²) >= 11 is 0. The number of fused-ring (bicyclic) bond motifs is 2. The standard InChI is InChI=1S/C25H22N2O4/c1-3-16-5-8-21-20(12-16)27-25(31-21)18-6-4-15(2)19(13-18)26-24(28)17-7-9-22-23(14-17)30-11-10-29-22/h4-9,12-14H,3,10-11H2,1-2H3,(H,26,28). The zero-order chi connectivity index (χ0) is 21.4. The molecule has 1 aromatic heterocycles. The third kappa shape index (κ3) is 3.72. The van der Waals surface area contributed by atoms with E-state index in [9.17, 15) is 4.79 Å². The number of nitrogens with zero attached hydrogens (tertiary/aromatic N) is 1. The third-order valence-electron chi connectivity index (χ3n) is 5.40. The smallest absolute Gasteiger partial charge is 0.255 e. The van der Waals surface area contributed by atoms with Crippen LogP contribution >= 0.6 is 0 Å². The van der Waals surface area contributed by atoms with Crippen LogP contribution in [0.15, 0.2) is 59.0 Å². The fraction of sp³-hybridized carbons (Fsp3) is 0.200. The maximum atomic E-state index is 12.9. The molecule has 0 fully saturated rings. The summed E-state index contributed by atoms with van der Waals surface area (Å²) in [7, 11) is 0. The number of aryl methyl sites for hydroxylation is 2. The molecule has 0 saturated heterocycles. The Hall–Kier alpha value is -3.80. The Bertz CT molecular complexity index is 1290. The van der Waals surface area contributed by atoms with Crippen molar-refractivity contribution in [2.75, 3.05) is 18.5 Å². The van der Waals surface area contributed by atoms with E-state index in [1.165, 1.54) is 5.56 Å². The minimum Gasteiger partial charge on any atom is -0.486 e. The van der Waals surface area contributed by atoms with E-state index < -0.39 is 0 Å². The summed E-state index contributed by atoms with van der Waals surface area (Å²) in [6.45, 7) is 5.05. The van der Waals surface area contributed by atoms with E-state index in [0.29, 0.717) is 41.9 Å². The van der Waals surface area contributed by atoms with Gasteiger partial charge in [-0.25, -0.2) is 4.98 Å². The molecule has 0 unspecified atom stereocenters. The predicted octanol–water partition coefficient (Wildman–Crippen LogP) is 5.39.